The van der Waals surface area contributed by atoms with Crippen molar-refractivity contribution in [3.63, 3.8) is 0 Å². The standard InChI is InChI=1S/C19H24O2/c1-10(2)7-13-8-12(4)14-6-5-11(3)17-18(14)15(13)9-16(20)19(17)21/h7,9,11-14H,5-6,8H2,1-4H3/t11-,12-,13-,14+/m0/s1. The van der Waals surface area contributed by atoms with Crippen molar-refractivity contribution >= 4 is 11.6 Å². The lowest BCUT2D eigenvalue weighted by atomic mass is 9.59. The number of ketones is 2. The van der Waals surface area contributed by atoms with Crippen molar-refractivity contribution in [1.29, 1.82) is 0 Å². The number of carbonyl (C=O) groups excluding carboxylic acids is 2. The number of hydrogen-bond donors (Lipinski definition) is 0. The van der Waals surface area contributed by atoms with E-state index in [4.69, 9.17) is 0 Å². The molecule has 0 radical (unpaired) electrons. The van der Waals surface area contributed by atoms with E-state index in [0.29, 0.717) is 17.8 Å². The first-order valence-electron chi connectivity index (χ1n) is 8.09. The number of rotatable bonds is 1. The Kier molecular flexibility index (Phi) is 3.51. The van der Waals surface area contributed by atoms with E-state index in [1.165, 1.54) is 11.1 Å². The van der Waals surface area contributed by atoms with Gasteiger partial charge in [0.25, 0.3) is 0 Å². The molecule has 3 rings (SSSR count). The Morgan fingerprint density at radius 2 is 1.86 bits per heavy atom. The molecule has 1 fully saturated rings. The summed E-state index contributed by atoms with van der Waals surface area (Å²) >= 11 is 0. The maximum Gasteiger partial charge on any atom is 0.229 e. The summed E-state index contributed by atoms with van der Waals surface area (Å²) in [4.78, 5) is 24.5. The van der Waals surface area contributed by atoms with Gasteiger partial charge in [0.2, 0.25) is 11.6 Å². The fourth-order valence-electron chi connectivity index (χ4n) is 4.44. The van der Waals surface area contributed by atoms with Gasteiger partial charge in [-0.3, -0.25) is 9.59 Å². The number of carbonyl (C=O) groups is 2. The fourth-order valence-corrected chi connectivity index (χ4v) is 4.44. The molecule has 0 aliphatic heterocycles. The third-order valence-electron chi connectivity index (χ3n) is 5.38. The highest BCUT2D eigenvalue weighted by molar-refractivity contribution is 6.48. The van der Waals surface area contributed by atoms with Crippen molar-refractivity contribution in [1.82, 2.24) is 0 Å². The highest BCUT2D eigenvalue weighted by Crippen LogP contribution is 2.51. The van der Waals surface area contributed by atoms with Gasteiger partial charge in [-0.1, -0.05) is 25.5 Å². The lowest BCUT2D eigenvalue weighted by Gasteiger charge is -2.44. The summed E-state index contributed by atoms with van der Waals surface area (Å²) in [6.45, 7) is 8.61. The van der Waals surface area contributed by atoms with E-state index in [2.05, 4.69) is 33.8 Å². The molecule has 0 spiro atoms. The number of allylic oxidation sites excluding steroid dienone is 6. The smallest absolute Gasteiger partial charge is 0.229 e. The highest BCUT2D eigenvalue weighted by atomic mass is 16.2. The van der Waals surface area contributed by atoms with Gasteiger partial charge in [-0.05, 0) is 68.1 Å². The molecule has 3 aliphatic rings. The van der Waals surface area contributed by atoms with Crippen LogP contribution in [-0.4, -0.2) is 11.6 Å². The Balaban J connectivity index is 2.18. The van der Waals surface area contributed by atoms with E-state index in [1.54, 1.807) is 6.08 Å². The second-order valence-electron chi connectivity index (χ2n) is 7.27. The van der Waals surface area contributed by atoms with Gasteiger partial charge in [0, 0.05) is 11.5 Å². The summed E-state index contributed by atoms with van der Waals surface area (Å²) in [5, 5.41) is 0. The van der Waals surface area contributed by atoms with Gasteiger partial charge in [0.15, 0.2) is 0 Å². The first-order valence-corrected chi connectivity index (χ1v) is 8.09. The topological polar surface area (TPSA) is 34.1 Å². The third-order valence-corrected chi connectivity index (χ3v) is 5.38. The van der Waals surface area contributed by atoms with Gasteiger partial charge < -0.3 is 0 Å². The van der Waals surface area contributed by atoms with Crippen LogP contribution in [0, 0.1) is 23.7 Å². The molecule has 0 aromatic rings. The van der Waals surface area contributed by atoms with Gasteiger partial charge in [0.05, 0.1) is 0 Å². The van der Waals surface area contributed by atoms with E-state index in [9.17, 15) is 9.59 Å². The van der Waals surface area contributed by atoms with Crippen molar-refractivity contribution < 1.29 is 9.59 Å². The zero-order chi connectivity index (χ0) is 15.3. The molecule has 21 heavy (non-hydrogen) atoms. The summed E-state index contributed by atoms with van der Waals surface area (Å²) in [6, 6.07) is 0. The fraction of sp³-hybridized carbons (Fsp3) is 0.579. The molecule has 112 valence electrons. The van der Waals surface area contributed by atoms with Crippen molar-refractivity contribution in [2.24, 2.45) is 23.7 Å². The molecule has 0 aromatic carbocycles. The number of Topliss-reactive ketones (excluding diaryl/α,β-unsaturated/α-hetero) is 1. The quantitative estimate of drug-likeness (QED) is 0.414. The average molecular weight is 284 g/mol. The molecule has 2 heteroatoms. The Hall–Kier alpha value is -1.44. The van der Waals surface area contributed by atoms with Crippen LogP contribution in [0.4, 0.5) is 0 Å². The molecule has 0 amide bonds. The zero-order valence-electron chi connectivity index (χ0n) is 13.4. The minimum atomic E-state index is -0.307. The van der Waals surface area contributed by atoms with Crippen molar-refractivity contribution in [2.75, 3.05) is 0 Å². The minimum absolute atomic E-state index is 0.231. The van der Waals surface area contributed by atoms with Crippen LogP contribution >= 0.6 is 0 Å². The van der Waals surface area contributed by atoms with E-state index >= 15 is 0 Å². The lowest BCUT2D eigenvalue weighted by Crippen LogP contribution is -2.38. The van der Waals surface area contributed by atoms with Gasteiger partial charge in [-0.25, -0.2) is 0 Å². The van der Waals surface area contributed by atoms with Crippen LogP contribution in [-0.2, 0) is 9.59 Å². The largest absolute Gasteiger partial charge is 0.286 e. The molecule has 4 atom stereocenters. The minimum Gasteiger partial charge on any atom is -0.286 e. The molecule has 0 N–H and O–H groups in total. The molecule has 0 heterocycles. The van der Waals surface area contributed by atoms with Gasteiger partial charge in [-0.2, -0.15) is 0 Å². The van der Waals surface area contributed by atoms with Gasteiger partial charge in [-0.15, -0.1) is 0 Å². The first kappa shape index (κ1) is 14.5. The highest BCUT2D eigenvalue weighted by Gasteiger charge is 2.44. The van der Waals surface area contributed by atoms with E-state index in [1.807, 2.05) is 0 Å². The van der Waals surface area contributed by atoms with Crippen molar-refractivity contribution in [3.8, 4) is 0 Å². The van der Waals surface area contributed by atoms with Gasteiger partial charge >= 0.3 is 0 Å². The molecular weight excluding hydrogens is 260 g/mol. The molecule has 0 aromatic heterocycles. The molecular formula is C19H24O2. The Bertz CT molecular complexity index is 599. The molecule has 3 aliphatic carbocycles. The SMILES string of the molecule is CC(C)=C[C@H]1C[C@H](C)[C@H]2CC[C@H](C)C3=C2C1=CC(=O)C3=O. The van der Waals surface area contributed by atoms with Crippen LogP contribution < -0.4 is 0 Å². The Labute approximate surface area is 127 Å². The van der Waals surface area contributed by atoms with Crippen molar-refractivity contribution in [2.45, 2.75) is 47.0 Å². The van der Waals surface area contributed by atoms with Crippen LogP contribution in [0.15, 0.2) is 34.4 Å². The molecule has 0 unspecified atom stereocenters. The lowest BCUT2D eigenvalue weighted by molar-refractivity contribution is -0.132. The maximum absolute atomic E-state index is 12.4. The summed E-state index contributed by atoms with van der Waals surface area (Å²) in [5.41, 5.74) is 4.50. The molecule has 0 saturated heterocycles. The van der Waals surface area contributed by atoms with Crippen LogP contribution in [0.25, 0.3) is 0 Å². The van der Waals surface area contributed by atoms with Crippen molar-refractivity contribution in [3.05, 3.63) is 34.4 Å². The van der Waals surface area contributed by atoms with Crippen LogP contribution in [0.5, 0.6) is 0 Å². The van der Waals surface area contributed by atoms with E-state index in [0.717, 1.165) is 30.4 Å². The van der Waals surface area contributed by atoms with Crippen LogP contribution in [0.2, 0.25) is 0 Å². The Morgan fingerprint density at radius 1 is 1.14 bits per heavy atom. The number of hydrogen-bond acceptors (Lipinski definition) is 2. The first-order chi connectivity index (χ1) is 9.90. The normalized spacial score (nSPS) is 35.3. The molecule has 2 nitrogen and oxygen atoms in total. The predicted octanol–water partition coefficient (Wildman–Crippen LogP) is 4.03. The third kappa shape index (κ3) is 2.25. The summed E-state index contributed by atoms with van der Waals surface area (Å²) in [5.74, 6) is 1.04. The monoisotopic (exact) mass is 284 g/mol. The summed E-state index contributed by atoms with van der Waals surface area (Å²) in [7, 11) is 0. The van der Waals surface area contributed by atoms with Crippen LogP contribution in [0.3, 0.4) is 0 Å². The molecule has 1 saturated carbocycles. The predicted molar refractivity (Wildman–Crippen MR) is 83.7 cm³/mol. The maximum atomic E-state index is 12.4. The summed E-state index contributed by atoms with van der Waals surface area (Å²) < 4.78 is 0. The van der Waals surface area contributed by atoms with Gasteiger partial charge in [0.1, 0.15) is 0 Å². The van der Waals surface area contributed by atoms with E-state index in [-0.39, 0.29) is 17.5 Å². The van der Waals surface area contributed by atoms with Crippen LogP contribution in [0.1, 0.15) is 47.0 Å². The second kappa shape index (κ2) is 5.08. The van der Waals surface area contributed by atoms with E-state index < -0.39 is 0 Å². The molecule has 0 bridgehead atoms. The average Bonchev–Trinajstić information content (AvgIpc) is 2.40. The summed E-state index contributed by atoms with van der Waals surface area (Å²) in [6.07, 6.45) is 7.19. The second-order valence-corrected chi connectivity index (χ2v) is 7.27. The Morgan fingerprint density at radius 3 is 2.52 bits per heavy atom. The zero-order valence-corrected chi connectivity index (χ0v) is 13.4.